The van der Waals surface area contributed by atoms with Crippen LogP contribution in [0.1, 0.15) is 18.1 Å². The smallest absolute Gasteiger partial charge is 0.0402 e. The molecule has 2 rings (SSSR count). The van der Waals surface area contributed by atoms with Crippen LogP contribution in [0.25, 0.3) is 0 Å². The van der Waals surface area contributed by atoms with Gasteiger partial charge in [0.05, 0.1) is 0 Å². The number of likely N-dealkylation sites (N-methyl/N-ethyl adjacent to an activating group) is 1. The van der Waals surface area contributed by atoms with Gasteiger partial charge in [-0.3, -0.25) is 0 Å². The number of rotatable bonds is 1. The van der Waals surface area contributed by atoms with Gasteiger partial charge in [0.1, 0.15) is 0 Å². The maximum absolute atomic E-state index is 6.01. The number of nitrogens with zero attached hydrogens (tertiary/aromatic N) is 1. The molecule has 76 valence electrons. The molecule has 0 saturated carbocycles. The third-order valence-corrected chi connectivity index (χ3v) is 2.90. The van der Waals surface area contributed by atoms with Crippen molar-refractivity contribution in [1.82, 2.24) is 0 Å². The van der Waals surface area contributed by atoms with E-state index in [1.165, 1.54) is 16.8 Å². The standard InChI is InChI=1S/C12H18N2/c1-3-14-8-11(13)7-10-5-4-9(2)6-12(10)14/h4-6,11H,3,7-8,13H2,1-2H3. The van der Waals surface area contributed by atoms with E-state index in [1.807, 2.05) is 0 Å². The largest absolute Gasteiger partial charge is 0.370 e. The van der Waals surface area contributed by atoms with Crippen LogP contribution in [0, 0.1) is 6.92 Å². The highest BCUT2D eigenvalue weighted by Crippen LogP contribution is 2.27. The van der Waals surface area contributed by atoms with E-state index in [9.17, 15) is 0 Å². The molecule has 1 aromatic rings. The quantitative estimate of drug-likeness (QED) is 0.730. The molecular formula is C12H18N2. The Hall–Kier alpha value is -1.02. The third kappa shape index (κ3) is 1.62. The first kappa shape index (κ1) is 9.53. The minimum absolute atomic E-state index is 0.296. The minimum Gasteiger partial charge on any atom is -0.370 e. The van der Waals surface area contributed by atoms with Gasteiger partial charge in [-0.1, -0.05) is 12.1 Å². The van der Waals surface area contributed by atoms with Crippen LogP contribution in [0.15, 0.2) is 18.2 Å². The van der Waals surface area contributed by atoms with E-state index < -0.39 is 0 Å². The zero-order valence-corrected chi connectivity index (χ0v) is 8.96. The lowest BCUT2D eigenvalue weighted by atomic mass is 9.97. The Labute approximate surface area is 85.7 Å². The van der Waals surface area contributed by atoms with Crippen molar-refractivity contribution in [3.8, 4) is 0 Å². The van der Waals surface area contributed by atoms with Crippen LogP contribution in [0.2, 0.25) is 0 Å². The predicted octanol–water partition coefficient (Wildman–Crippen LogP) is 1.70. The lowest BCUT2D eigenvalue weighted by Gasteiger charge is -2.34. The van der Waals surface area contributed by atoms with Gasteiger partial charge >= 0.3 is 0 Å². The van der Waals surface area contributed by atoms with Gasteiger partial charge in [-0.2, -0.15) is 0 Å². The van der Waals surface area contributed by atoms with Crippen molar-refractivity contribution in [1.29, 1.82) is 0 Å². The Bertz CT molecular complexity index is 333. The molecule has 1 atom stereocenters. The maximum Gasteiger partial charge on any atom is 0.0402 e. The molecule has 0 bridgehead atoms. The molecular weight excluding hydrogens is 172 g/mol. The molecule has 0 aromatic heterocycles. The topological polar surface area (TPSA) is 29.3 Å². The van der Waals surface area contributed by atoms with Gasteiger partial charge < -0.3 is 10.6 Å². The Morgan fingerprint density at radius 3 is 3.00 bits per heavy atom. The van der Waals surface area contributed by atoms with Gasteiger partial charge in [0.25, 0.3) is 0 Å². The number of anilines is 1. The zero-order valence-electron chi connectivity index (χ0n) is 8.96. The molecule has 0 saturated heterocycles. The zero-order chi connectivity index (χ0) is 10.1. The van der Waals surface area contributed by atoms with Crippen LogP contribution in [0.4, 0.5) is 5.69 Å². The summed E-state index contributed by atoms with van der Waals surface area (Å²) in [4.78, 5) is 2.37. The summed E-state index contributed by atoms with van der Waals surface area (Å²) in [5.74, 6) is 0. The molecule has 14 heavy (non-hydrogen) atoms. The summed E-state index contributed by atoms with van der Waals surface area (Å²) in [6.07, 6.45) is 1.02. The summed E-state index contributed by atoms with van der Waals surface area (Å²) in [7, 11) is 0. The first-order valence-corrected chi connectivity index (χ1v) is 5.30. The summed E-state index contributed by atoms with van der Waals surface area (Å²) in [6.45, 7) is 6.36. The van der Waals surface area contributed by atoms with Crippen molar-refractivity contribution >= 4 is 5.69 Å². The molecule has 0 fully saturated rings. The SMILES string of the molecule is CCN1CC(N)Cc2ccc(C)cc21. The molecule has 1 aliphatic heterocycles. The second kappa shape index (κ2) is 3.62. The molecule has 1 aliphatic rings. The summed E-state index contributed by atoms with van der Waals surface area (Å²) < 4.78 is 0. The van der Waals surface area contributed by atoms with Gasteiger partial charge in [-0.15, -0.1) is 0 Å². The number of benzene rings is 1. The van der Waals surface area contributed by atoms with Crippen LogP contribution < -0.4 is 10.6 Å². The summed E-state index contributed by atoms with van der Waals surface area (Å²) in [5.41, 5.74) is 10.1. The highest BCUT2D eigenvalue weighted by Gasteiger charge is 2.20. The second-order valence-corrected chi connectivity index (χ2v) is 4.14. The average Bonchev–Trinajstić information content (AvgIpc) is 2.17. The molecule has 0 amide bonds. The van der Waals surface area contributed by atoms with E-state index in [2.05, 4.69) is 36.9 Å². The summed E-state index contributed by atoms with van der Waals surface area (Å²) in [6, 6.07) is 6.95. The number of fused-ring (bicyclic) bond motifs is 1. The first-order chi connectivity index (χ1) is 6.70. The maximum atomic E-state index is 6.01. The van der Waals surface area contributed by atoms with E-state index in [4.69, 9.17) is 5.73 Å². The van der Waals surface area contributed by atoms with Crippen LogP contribution in [0.5, 0.6) is 0 Å². The lowest BCUT2D eigenvalue weighted by Crippen LogP contribution is -2.43. The summed E-state index contributed by atoms with van der Waals surface area (Å²) >= 11 is 0. The second-order valence-electron chi connectivity index (χ2n) is 4.14. The average molecular weight is 190 g/mol. The monoisotopic (exact) mass is 190 g/mol. The van der Waals surface area contributed by atoms with Crippen LogP contribution >= 0.6 is 0 Å². The van der Waals surface area contributed by atoms with Gasteiger partial charge in [-0.25, -0.2) is 0 Å². The van der Waals surface area contributed by atoms with Crippen LogP contribution in [-0.4, -0.2) is 19.1 Å². The normalized spacial score (nSPS) is 20.8. The van der Waals surface area contributed by atoms with Crippen LogP contribution in [0.3, 0.4) is 0 Å². The third-order valence-electron chi connectivity index (χ3n) is 2.90. The fourth-order valence-electron chi connectivity index (χ4n) is 2.17. The van der Waals surface area contributed by atoms with Crippen molar-refractivity contribution in [2.75, 3.05) is 18.0 Å². The molecule has 2 N–H and O–H groups in total. The Morgan fingerprint density at radius 1 is 1.50 bits per heavy atom. The van der Waals surface area contributed by atoms with E-state index in [-0.39, 0.29) is 0 Å². The molecule has 2 nitrogen and oxygen atoms in total. The molecule has 1 aromatic carbocycles. The van der Waals surface area contributed by atoms with Crippen molar-refractivity contribution in [2.24, 2.45) is 5.73 Å². The fourth-order valence-corrected chi connectivity index (χ4v) is 2.17. The van der Waals surface area contributed by atoms with Crippen molar-refractivity contribution in [2.45, 2.75) is 26.3 Å². The molecule has 0 spiro atoms. The number of nitrogens with two attached hydrogens (primary N) is 1. The van der Waals surface area contributed by atoms with Gasteiger partial charge in [-0.05, 0) is 37.5 Å². The number of hydrogen-bond donors (Lipinski definition) is 1. The fraction of sp³-hybridized carbons (Fsp3) is 0.500. The molecule has 0 radical (unpaired) electrons. The molecule has 0 aliphatic carbocycles. The molecule has 2 heteroatoms. The number of hydrogen-bond acceptors (Lipinski definition) is 2. The highest BCUT2D eigenvalue weighted by atomic mass is 15.1. The Morgan fingerprint density at radius 2 is 2.29 bits per heavy atom. The van der Waals surface area contributed by atoms with Gasteiger partial charge in [0.15, 0.2) is 0 Å². The Kier molecular flexibility index (Phi) is 2.46. The van der Waals surface area contributed by atoms with Crippen molar-refractivity contribution in [3.63, 3.8) is 0 Å². The van der Waals surface area contributed by atoms with E-state index in [1.54, 1.807) is 0 Å². The molecule has 1 heterocycles. The van der Waals surface area contributed by atoms with Crippen molar-refractivity contribution < 1.29 is 0 Å². The first-order valence-electron chi connectivity index (χ1n) is 5.30. The van der Waals surface area contributed by atoms with E-state index in [0.717, 1.165) is 19.5 Å². The van der Waals surface area contributed by atoms with Crippen LogP contribution in [-0.2, 0) is 6.42 Å². The summed E-state index contributed by atoms with van der Waals surface area (Å²) in [5, 5.41) is 0. The number of aryl methyl sites for hydroxylation is 1. The predicted molar refractivity (Wildman–Crippen MR) is 60.7 cm³/mol. The van der Waals surface area contributed by atoms with Crippen molar-refractivity contribution in [3.05, 3.63) is 29.3 Å². The minimum atomic E-state index is 0.296. The lowest BCUT2D eigenvalue weighted by molar-refractivity contribution is 0.608. The van der Waals surface area contributed by atoms with Gasteiger partial charge in [0.2, 0.25) is 0 Å². The highest BCUT2D eigenvalue weighted by molar-refractivity contribution is 5.57. The van der Waals surface area contributed by atoms with E-state index in [0.29, 0.717) is 6.04 Å². The van der Waals surface area contributed by atoms with Gasteiger partial charge in [0, 0.05) is 24.8 Å². The molecule has 1 unspecified atom stereocenters. The Balaban J connectivity index is 2.41. The van der Waals surface area contributed by atoms with E-state index >= 15 is 0 Å².